The van der Waals surface area contributed by atoms with Crippen LogP contribution in [0.1, 0.15) is 43.6 Å². The molecule has 2 fully saturated rings. The van der Waals surface area contributed by atoms with Crippen molar-refractivity contribution in [2.75, 3.05) is 13.2 Å². The Balaban J connectivity index is 1.93. The van der Waals surface area contributed by atoms with Gasteiger partial charge >= 0.3 is 0 Å². The van der Waals surface area contributed by atoms with Crippen molar-refractivity contribution in [3.05, 3.63) is 35.9 Å². The van der Waals surface area contributed by atoms with E-state index < -0.39 is 0 Å². The van der Waals surface area contributed by atoms with Crippen LogP contribution in [0.15, 0.2) is 30.3 Å². The summed E-state index contributed by atoms with van der Waals surface area (Å²) in [6.45, 7) is 1.51. The van der Waals surface area contributed by atoms with E-state index in [-0.39, 0.29) is 5.79 Å². The molecule has 1 aliphatic carbocycles. The Labute approximate surface area is 103 Å². The molecule has 1 aromatic carbocycles. The lowest BCUT2D eigenvalue weighted by molar-refractivity contribution is -0.178. The van der Waals surface area contributed by atoms with Crippen molar-refractivity contribution in [1.29, 1.82) is 0 Å². The highest BCUT2D eigenvalue weighted by Crippen LogP contribution is 2.44. The third-order valence-corrected chi connectivity index (χ3v) is 4.03. The van der Waals surface area contributed by atoms with Crippen LogP contribution in [-0.2, 0) is 9.47 Å². The van der Waals surface area contributed by atoms with Gasteiger partial charge in [0.15, 0.2) is 5.79 Å². The number of rotatable bonds is 1. The van der Waals surface area contributed by atoms with Gasteiger partial charge in [0, 0.05) is 12.3 Å². The molecule has 1 aliphatic heterocycles. The monoisotopic (exact) mass is 232 g/mol. The van der Waals surface area contributed by atoms with Gasteiger partial charge in [-0.2, -0.15) is 0 Å². The van der Waals surface area contributed by atoms with E-state index >= 15 is 0 Å². The van der Waals surface area contributed by atoms with Crippen molar-refractivity contribution in [3.63, 3.8) is 0 Å². The predicted octanol–water partition coefficient (Wildman–Crippen LogP) is 3.48. The third-order valence-electron chi connectivity index (χ3n) is 4.03. The van der Waals surface area contributed by atoms with Gasteiger partial charge in [-0.1, -0.05) is 43.2 Å². The number of hydrogen-bond donors (Lipinski definition) is 0. The molecule has 0 aromatic heterocycles. The average Bonchev–Trinajstić information content (AvgIpc) is 2.73. The maximum Gasteiger partial charge on any atom is 0.175 e. The van der Waals surface area contributed by atoms with Crippen molar-refractivity contribution in [2.24, 2.45) is 0 Å². The van der Waals surface area contributed by atoms with E-state index in [9.17, 15) is 0 Å². The van der Waals surface area contributed by atoms with Crippen molar-refractivity contribution in [3.8, 4) is 0 Å². The zero-order chi connectivity index (χ0) is 11.6. The number of hydrogen-bond acceptors (Lipinski definition) is 2. The van der Waals surface area contributed by atoms with Gasteiger partial charge in [0.2, 0.25) is 0 Å². The van der Waals surface area contributed by atoms with Gasteiger partial charge in [-0.15, -0.1) is 0 Å². The van der Waals surface area contributed by atoms with E-state index in [1.807, 2.05) is 0 Å². The highest BCUT2D eigenvalue weighted by molar-refractivity contribution is 5.22. The summed E-state index contributed by atoms with van der Waals surface area (Å²) in [5.74, 6) is 0.0893. The van der Waals surface area contributed by atoms with Gasteiger partial charge in [-0.25, -0.2) is 0 Å². The Morgan fingerprint density at radius 2 is 1.71 bits per heavy atom. The van der Waals surface area contributed by atoms with Crippen LogP contribution in [0.5, 0.6) is 0 Å². The smallest absolute Gasteiger partial charge is 0.175 e. The minimum absolute atomic E-state index is 0.322. The minimum atomic E-state index is -0.322. The summed E-state index contributed by atoms with van der Waals surface area (Å²) in [6.07, 6.45) is 6.05. The first-order valence-corrected chi connectivity index (χ1v) is 6.74. The second-order valence-electron chi connectivity index (χ2n) is 5.07. The maximum absolute atomic E-state index is 6.01. The first-order valence-electron chi connectivity index (χ1n) is 6.74. The molecular formula is C15H20O2. The Morgan fingerprint density at radius 1 is 0.941 bits per heavy atom. The van der Waals surface area contributed by atoms with Crippen LogP contribution in [0.3, 0.4) is 0 Å². The molecule has 2 aliphatic rings. The highest BCUT2D eigenvalue weighted by Gasteiger charge is 2.45. The Hall–Kier alpha value is -0.860. The molecule has 92 valence electrons. The molecule has 3 rings (SSSR count). The average molecular weight is 232 g/mol. The molecule has 1 atom stereocenters. The van der Waals surface area contributed by atoms with Gasteiger partial charge in [-0.3, -0.25) is 0 Å². The zero-order valence-corrected chi connectivity index (χ0v) is 10.2. The minimum Gasteiger partial charge on any atom is -0.347 e. The summed E-state index contributed by atoms with van der Waals surface area (Å²) in [6, 6.07) is 10.7. The third kappa shape index (κ3) is 2.12. The molecule has 0 bridgehead atoms. The molecule has 1 aromatic rings. The maximum atomic E-state index is 6.01. The summed E-state index contributed by atoms with van der Waals surface area (Å²) < 4.78 is 12.0. The predicted molar refractivity (Wildman–Crippen MR) is 66.9 cm³/mol. The summed E-state index contributed by atoms with van der Waals surface area (Å²) >= 11 is 0. The summed E-state index contributed by atoms with van der Waals surface area (Å²) in [5.41, 5.74) is 1.37. The second kappa shape index (κ2) is 4.79. The van der Waals surface area contributed by atoms with Crippen LogP contribution < -0.4 is 0 Å². The Bertz CT molecular complexity index is 354. The Morgan fingerprint density at radius 3 is 2.47 bits per heavy atom. The standard InChI is InChI=1S/C15H20O2/c1-3-7-13(8-4-1)14-9-5-2-6-10-15(14)16-11-12-17-15/h1,3-4,7-8,14H,2,5-6,9-12H2. The van der Waals surface area contributed by atoms with Crippen LogP contribution in [0.2, 0.25) is 0 Å². The van der Waals surface area contributed by atoms with E-state index in [1.165, 1.54) is 31.2 Å². The topological polar surface area (TPSA) is 18.5 Å². The zero-order valence-electron chi connectivity index (χ0n) is 10.2. The lowest BCUT2D eigenvalue weighted by Gasteiger charge is -2.34. The molecule has 1 heterocycles. The van der Waals surface area contributed by atoms with E-state index in [0.29, 0.717) is 5.92 Å². The Kier molecular flexibility index (Phi) is 3.17. The first-order chi connectivity index (χ1) is 8.41. The van der Waals surface area contributed by atoms with E-state index in [0.717, 1.165) is 19.6 Å². The lowest BCUT2D eigenvalue weighted by Crippen LogP contribution is -2.36. The molecule has 17 heavy (non-hydrogen) atoms. The second-order valence-corrected chi connectivity index (χ2v) is 5.07. The van der Waals surface area contributed by atoms with Crippen LogP contribution in [0.25, 0.3) is 0 Å². The molecule has 1 saturated heterocycles. The summed E-state index contributed by atoms with van der Waals surface area (Å²) in [4.78, 5) is 0. The fourth-order valence-electron chi connectivity index (χ4n) is 3.21. The molecule has 2 heteroatoms. The van der Waals surface area contributed by atoms with Gasteiger partial charge < -0.3 is 9.47 Å². The van der Waals surface area contributed by atoms with Crippen LogP contribution in [0.4, 0.5) is 0 Å². The van der Waals surface area contributed by atoms with E-state index in [1.54, 1.807) is 0 Å². The number of benzene rings is 1. The van der Waals surface area contributed by atoms with Crippen LogP contribution >= 0.6 is 0 Å². The molecular weight excluding hydrogens is 212 g/mol. The highest BCUT2D eigenvalue weighted by atomic mass is 16.7. The van der Waals surface area contributed by atoms with Crippen molar-refractivity contribution in [2.45, 2.75) is 43.8 Å². The van der Waals surface area contributed by atoms with Crippen molar-refractivity contribution in [1.82, 2.24) is 0 Å². The molecule has 0 N–H and O–H groups in total. The normalized spacial score (nSPS) is 28.1. The first kappa shape index (κ1) is 11.2. The molecule has 1 saturated carbocycles. The lowest BCUT2D eigenvalue weighted by atomic mass is 9.86. The van der Waals surface area contributed by atoms with Crippen molar-refractivity contribution >= 4 is 0 Å². The van der Waals surface area contributed by atoms with Gasteiger partial charge in [0.25, 0.3) is 0 Å². The SMILES string of the molecule is c1ccc(C2CCCCCC23OCCO3)cc1. The van der Waals surface area contributed by atoms with E-state index in [2.05, 4.69) is 30.3 Å². The summed E-state index contributed by atoms with van der Waals surface area (Å²) in [7, 11) is 0. The number of ether oxygens (including phenoxy) is 2. The van der Waals surface area contributed by atoms with Crippen LogP contribution in [0, 0.1) is 0 Å². The van der Waals surface area contributed by atoms with E-state index in [4.69, 9.17) is 9.47 Å². The molecule has 1 unspecified atom stereocenters. The fraction of sp³-hybridized carbons (Fsp3) is 0.600. The fourth-order valence-corrected chi connectivity index (χ4v) is 3.21. The molecule has 0 radical (unpaired) electrons. The molecule has 1 spiro atoms. The van der Waals surface area contributed by atoms with Gasteiger partial charge in [0.1, 0.15) is 0 Å². The van der Waals surface area contributed by atoms with Gasteiger partial charge in [0.05, 0.1) is 13.2 Å². The molecule has 0 amide bonds. The quantitative estimate of drug-likeness (QED) is 0.738. The van der Waals surface area contributed by atoms with Crippen LogP contribution in [-0.4, -0.2) is 19.0 Å². The molecule has 2 nitrogen and oxygen atoms in total. The summed E-state index contributed by atoms with van der Waals surface area (Å²) in [5, 5.41) is 0. The van der Waals surface area contributed by atoms with Crippen molar-refractivity contribution < 1.29 is 9.47 Å². The van der Waals surface area contributed by atoms with Gasteiger partial charge in [-0.05, 0) is 18.4 Å². The largest absolute Gasteiger partial charge is 0.347 e.